The fraction of sp³-hybridized carbons (Fsp3) is 0.150. The van der Waals surface area contributed by atoms with Gasteiger partial charge in [-0.1, -0.05) is 41.4 Å². The van der Waals surface area contributed by atoms with E-state index in [4.69, 9.17) is 23.2 Å². The average molecular weight is 401 g/mol. The van der Waals surface area contributed by atoms with E-state index < -0.39 is 0 Å². The van der Waals surface area contributed by atoms with Crippen LogP contribution < -0.4 is 5.43 Å². The van der Waals surface area contributed by atoms with E-state index in [1.807, 2.05) is 42.8 Å². The molecule has 0 unspecified atom stereocenters. The summed E-state index contributed by atoms with van der Waals surface area (Å²) in [5.41, 5.74) is 6.73. The molecular formula is C20H18Cl2N4O. The summed E-state index contributed by atoms with van der Waals surface area (Å²) in [7, 11) is 0. The molecule has 0 saturated heterocycles. The van der Waals surface area contributed by atoms with Gasteiger partial charge in [-0.3, -0.25) is 9.48 Å². The van der Waals surface area contributed by atoms with Gasteiger partial charge in [0.25, 0.3) is 5.91 Å². The lowest BCUT2D eigenvalue weighted by Crippen LogP contribution is -2.18. The Balaban J connectivity index is 1.68. The molecule has 138 valence electrons. The fourth-order valence-electron chi connectivity index (χ4n) is 2.65. The molecule has 0 atom stereocenters. The van der Waals surface area contributed by atoms with Gasteiger partial charge in [-0.25, -0.2) is 5.43 Å². The van der Waals surface area contributed by atoms with Crippen molar-refractivity contribution in [2.45, 2.75) is 20.4 Å². The minimum atomic E-state index is -0.299. The van der Waals surface area contributed by atoms with Gasteiger partial charge in [-0.05, 0) is 49.7 Å². The third-order valence-corrected chi connectivity index (χ3v) is 4.52. The number of hydrazone groups is 1. The molecule has 7 heteroatoms. The third-order valence-electron chi connectivity index (χ3n) is 3.96. The predicted octanol–water partition coefficient (Wildman–Crippen LogP) is 4.62. The lowest BCUT2D eigenvalue weighted by molar-refractivity contribution is 0.0955. The number of rotatable bonds is 5. The summed E-state index contributed by atoms with van der Waals surface area (Å²) >= 11 is 11.9. The van der Waals surface area contributed by atoms with Crippen molar-refractivity contribution in [2.24, 2.45) is 5.10 Å². The molecular weight excluding hydrogens is 383 g/mol. The zero-order chi connectivity index (χ0) is 19.4. The highest BCUT2D eigenvalue weighted by Crippen LogP contribution is 2.19. The molecule has 1 aromatic heterocycles. The van der Waals surface area contributed by atoms with Crippen molar-refractivity contribution in [3.05, 3.63) is 86.7 Å². The summed E-state index contributed by atoms with van der Waals surface area (Å²) in [5, 5.41) is 9.43. The lowest BCUT2D eigenvalue weighted by atomic mass is 10.1. The van der Waals surface area contributed by atoms with Crippen molar-refractivity contribution >= 4 is 35.3 Å². The summed E-state index contributed by atoms with van der Waals surface area (Å²) in [5.74, 6) is -0.299. The molecule has 0 aliphatic rings. The first-order valence-electron chi connectivity index (χ1n) is 8.31. The van der Waals surface area contributed by atoms with E-state index in [0.717, 1.165) is 17.0 Å². The molecule has 27 heavy (non-hydrogen) atoms. The number of halogens is 2. The van der Waals surface area contributed by atoms with Gasteiger partial charge in [-0.2, -0.15) is 10.2 Å². The molecule has 0 spiro atoms. The maximum Gasteiger partial charge on any atom is 0.271 e. The van der Waals surface area contributed by atoms with E-state index in [-0.39, 0.29) is 5.91 Å². The van der Waals surface area contributed by atoms with Crippen LogP contribution in [0.4, 0.5) is 0 Å². The monoisotopic (exact) mass is 400 g/mol. The lowest BCUT2D eigenvalue weighted by Gasteiger charge is -2.07. The molecule has 0 aliphatic carbocycles. The van der Waals surface area contributed by atoms with Crippen LogP contribution in [0.15, 0.2) is 53.6 Å². The average Bonchev–Trinajstić information content (AvgIpc) is 2.94. The predicted molar refractivity (Wildman–Crippen MR) is 109 cm³/mol. The van der Waals surface area contributed by atoms with Gasteiger partial charge in [0.1, 0.15) is 0 Å². The van der Waals surface area contributed by atoms with Crippen LogP contribution in [0, 0.1) is 13.8 Å². The normalized spacial score (nSPS) is 11.1. The Bertz CT molecular complexity index is 1010. The van der Waals surface area contributed by atoms with E-state index in [2.05, 4.69) is 15.6 Å². The van der Waals surface area contributed by atoms with Gasteiger partial charge in [0.2, 0.25) is 0 Å². The van der Waals surface area contributed by atoms with E-state index in [1.54, 1.807) is 24.3 Å². The van der Waals surface area contributed by atoms with Crippen molar-refractivity contribution < 1.29 is 4.79 Å². The van der Waals surface area contributed by atoms with Crippen LogP contribution >= 0.6 is 23.2 Å². The van der Waals surface area contributed by atoms with E-state index >= 15 is 0 Å². The second-order valence-corrected chi connectivity index (χ2v) is 6.99. The quantitative estimate of drug-likeness (QED) is 0.501. The Morgan fingerprint density at radius 1 is 1.19 bits per heavy atom. The van der Waals surface area contributed by atoms with Crippen molar-refractivity contribution in [1.82, 2.24) is 15.2 Å². The van der Waals surface area contributed by atoms with Crippen LogP contribution in [0.3, 0.4) is 0 Å². The number of carbonyl (C=O) groups excluding carboxylic acids is 1. The molecule has 3 aromatic rings. The smallest absolute Gasteiger partial charge is 0.267 e. The Kier molecular flexibility index (Phi) is 5.94. The molecule has 5 nitrogen and oxygen atoms in total. The molecule has 0 radical (unpaired) electrons. The Labute approximate surface area is 167 Å². The molecule has 1 amide bonds. The van der Waals surface area contributed by atoms with Gasteiger partial charge in [0, 0.05) is 21.8 Å². The van der Waals surface area contributed by atoms with Crippen molar-refractivity contribution in [1.29, 1.82) is 0 Å². The van der Waals surface area contributed by atoms with E-state index in [9.17, 15) is 4.79 Å². The number of nitrogens with one attached hydrogen (secondary N) is 1. The Morgan fingerprint density at radius 2 is 2.00 bits per heavy atom. The molecule has 2 aromatic carbocycles. The molecule has 0 saturated carbocycles. The summed E-state index contributed by atoms with van der Waals surface area (Å²) < 4.78 is 1.91. The van der Waals surface area contributed by atoms with Crippen LogP contribution in [0.25, 0.3) is 0 Å². The highest BCUT2D eigenvalue weighted by Gasteiger charge is 2.07. The van der Waals surface area contributed by atoms with Crippen LogP contribution in [0.5, 0.6) is 0 Å². The molecule has 0 bridgehead atoms. The number of hydrogen-bond donors (Lipinski definition) is 1. The van der Waals surface area contributed by atoms with E-state index in [1.165, 1.54) is 6.21 Å². The Hall–Kier alpha value is -2.63. The van der Waals surface area contributed by atoms with E-state index in [0.29, 0.717) is 27.7 Å². The number of benzene rings is 2. The maximum atomic E-state index is 12.3. The minimum absolute atomic E-state index is 0.299. The minimum Gasteiger partial charge on any atom is -0.267 e. The van der Waals surface area contributed by atoms with Gasteiger partial charge in [-0.15, -0.1) is 0 Å². The highest BCUT2D eigenvalue weighted by atomic mass is 35.5. The van der Waals surface area contributed by atoms with Crippen LogP contribution in [0.2, 0.25) is 10.0 Å². The van der Waals surface area contributed by atoms with Crippen LogP contribution in [-0.4, -0.2) is 21.9 Å². The summed E-state index contributed by atoms with van der Waals surface area (Å²) in [6.45, 7) is 4.57. The number of aryl methyl sites for hydroxylation is 2. The first kappa shape index (κ1) is 19.1. The SMILES string of the molecule is Cc1cc(C)n(Cc2cccc(C(=O)N/N=C/c3ccc(Cl)cc3Cl)c2)n1. The number of amides is 1. The molecule has 0 fully saturated rings. The first-order chi connectivity index (χ1) is 12.9. The first-order valence-corrected chi connectivity index (χ1v) is 9.06. The highest BCUT2D eigenvalue weighted by molar-refractivity contribution is 6.36. The standard InChI is InChI=1S/C20H18Cl2N4O/c1-13-8-14(2)26(25-13)12-15-4-3-5-16(9-15)20(27)24-23-11-17-6-7-18(21)10-19(17)22/h3-11H,12H2,1-2H3,(H,24,27)/b23-11+. The van der Waals surface area contributed by atoms with Crippen LogP contribution in [-0.2, 0) is 6.54 Å². The van der Waals surface area contributed by atoms with Crippen molar-refractivity contribution in [2.75, 3.05) is 0 Å². The Morgan fingerprint density at radius 3 is 2.70 bits per heavy atom. The third kappa shape index (κ3) is 4.96. The summed E-state index contributed by atoms with van der Waals surface area (Å²) in [4.78, 5) is 12.3. The molecule has 0 aliphatic heterocycles. The van der Waals surface area contributed by atoms with Gasteiger partial charge in [0.05, 0.1) is 23.5 Å². The van der Waals surface area contributed by atoms with Crippen molar-refractivity contribution in [3.8, 4) is 0 Å². The van der Waals surface area contributed by atoms with Gasteiger partial charge in [0.15, 0.2) is 0 Å². The number of nitrogens with zero attached hydrogens (tertiary/aromatic N) is 3. The van der Waals surface area contributed by atoms with Gasteiger partial charge >= 0.3 is 0 Å². The topological polar surface area (TPSA) is 59.3 Å². The second kappa shape index (κ2) is 8.37. The molecule has 3 rings (SSSR count). The zero-order valence-corrected chi connectivity index (χ0v) is 16.4. The zero-order valence-electron chi connectivity index (χ0n) is 14.9. The number of hydrogen-bond acceptors (Lipinski definition) is 3. The summed E-state index contributed by atoms with van der Waals surface area (Å²) in [6, 6.07) is 14.5. The number of aromatic nitrogens is 2. The second-order valence-electron chi connectivity index (χ2n) is 6.15. The maximum absolute atomic E-state index is 12.3. The molecule has 1 N–H and O–H groups in total. The number of carbonyl (C=O) groups is 1. The molecule has 1 heterocycles. The fourth-order valence-corrected chi connectivity index (χ4v) is 3.11. The van der Waals surface area contributed by atoms with Crippen LogP contribution in [0.1, 0.15) is 32.9 Å². The van der Waals surface area contributed by atoms with Crippen molar-refractivity contribution in [3.63, 3.8) is 0 Å². The summed E-state index contributed by atoms with van der Waals surface area (Å²) in [6.07, 6.45) is 1.48. The van der Waals surface area contributed by atoms with Gasteiger partial charge < -0.3 is 0 Å². The largest absolute Gasteiger partial charge is 0.271 e.